The minimum absolute atomic E-state index is 0.355. The third-order valence-electron chi connectivity index (χ3n) is 3.64. The number of nitrogens with two attached hydrogens (primary N) is 1. The van der Waals surface area contributed by atoms with E-state index in [1.165, 1.54) is 5.56 Å². The molecule has 0 radical (unpaired) electrons. The van der Waals surface area contributed by atoms with Crippen molar-refractivity contribution in [3.05, 3.63) is 35.7 Å². The topological polar surface area (TPSA) is 74.2 Å². The summed E-state index contributed by atoms with van der Waals surface area (Å²) >= 11 is 0. The molecule has 1 aliphatic heterocycles. The zero-order valence-electron chi connectivity index (χ0n) is 11.4. The number of benzene rings is 1. The van der Waals surface area contributed by atoms with Gasteiger partial charge in [0.1, 0.15) is 0 Å². The van der Waals surface area contributed by atoms with Crippen LogP contribution in [0, 0.1) is 0 Å². The summed E-state index contributed by atoms with van der Waals surface area (Å²) in [4.78, 5) is 4.54. The summed E-state index contributed by atoms with van der Waals surface area (Å²) in [6.45, 7) is 2.20. The highest BCUT2D eigenvalue weighted by atomic mass is 16.5. The van der Waals surface area contributed by atoms with Crippen molar-refractivity contribution >= 4 is 0 Å². The lowest BCUT2D eigenvalue weighted by Crippen LogP contribution is -2.15. The zero-order valence-corrected chi connectivity index (χ0v) is 11.4. The highest BCUT2D eigenvalue weighted by Gasteiger charge is 2.21. The molecule has 5 nitrogen and oxygen atoms in total. The SMILES string of the molecule is NCCc1cccc(-c2nc(C3CCOCC3)no2)c1. The Morgan fingerprint density at radius 2 is 2.10 bits per heavy atom. The Labute approximate surface area is 118 Å². The molecule has 3 rings (SSSR count). The molecule has 5 heteroatoms. The van der Waals surface area contributed by atoms with Crippen LogP contribution in [0.2, 0.25) is 0 Å². The number of hydrogen-bond donors (Lipinski definition) is 1. The van der Waals surface area contributed by atoms with Crippen LogP contribution in [0.4, 0.5) is 0 Å². The van der Waals surface area contributed by atoms with Crippen LogP contribution in [-0.2, 0) is 11.2 Å². The van der Waals surface area contributed by atoms with Crippen LogP contribution in [-0.4, -0.2) is 29.9 Å². The standard InChI is InChI=1S/C15H19N3O2/c16-7-4-11-2-1-3-13(10-11)15-17-14(18-20-15)12-5-8-19-9-6-12/h1-3,10,12H,4-9,16H2. The largest absolute Gasteiger partial charge is 0.381 e. The van der Waals surface area contributed by atoms with Gasteiger partial charge in [-0.1, -0.05) is 17.3 Å². The maximum absolute atomic E-state index is 5.59. The molecule has 0 bridgehead atoms. The van der Waals surface area contributed by atoms with Gasteiger partial charge in [-0.3, -0.25) is 0 Å². The van der Waals surface area contributed by atoms with Gasteiger partial charge in [0, 0.05) is 24.7 Å². The van der Waals surface area contributed by atoms with E-state index in [1.54, 1.807) is 0 Å². The predicted octanol–water partition coefficient (Wildman–Crippen LogP) is 2.13. The van der Waals surface area contributed by atoms with Crippen LogP contribution < -0.4 is 5.73 Å². The molecular formula is C15H19N3O2. The van der Waals surface area contributed by atoms with Crippen molar-refractivity contribution in [1.29, 1.82) is 0 Å². The summed E-state index contributed by atoms with van der Waals surface area (Å²) in [5.41, 5.74) is 7.74. The van der Waals surface area contributed by atoms with Gasteiger partial charge in [0.2, 0.25) is 0 Å². The van der Waals surface area contributed by atoms with E-state index in [2.05, 4.69) is 22.3 Å². The zero-order chi connectivity index (χ0) is 13.8. The summed E-state index contributed by atoms with van der Waals surface area (Å²) in [6, 6.07) is 8.11. The maximum atomic E-state index is 5.59. The minimum atomic E-state index is 0.355. The van der Waals surface area contributed by atoms with E-state index in [0.29, 0.717) is 18.4 Å². The highest BCUT2D eigenvalue weighted by Crippen LogP contribution is 2.27. The fourth-order valence-corrected chi connectivity index (χ4v) is 2.50. The molecule has 20 heavy (non-hydrogen) atoms. The number of aromatic nitrogens is 2. The predicted molar refractivity (Wildman–Crippen MR) is 75.3 cm³/mol. The van der Waals surface area contributed by atoms with Crippen LogP contribution >= 0.6 is 0 Å². The van der Waals surface area contributed by atoms with Crippen molar-refractivity contribution in [3.63, 3.8) is 0 Å². The van der Waals surface area contributed by atoms with E-state index in [-0.39, 0.29) is 0 Å². The Morgan fingerprint density at radius 1 is 1.25 bits per heavy atom. The van der Waals surface area contributed by atoms with Crippen LogP contribution in [0.25, 0.3) is 11.5 Å². The van der Waals surface area contributed by atoms with Gasteiger partial charge in [0.25, 0.3) is 5.89 Å². The van der Waals surface area contributed by atoms with Crippen LogP contribution in [0.3, 0.4) is 0 Å². The second kappa shape index (κ2) is 6.15. The molecule has 0 amide bonds. The number of ether oxygens (including phenoxy) is 1. The summed E-state index contributed by atoms with van der Waals surface area (Å²) in [7, 11) is 0. The number of nitrogens with zero attached hydrogens (tertiary/aromatic N) is 2. The summed E-state index contributed by atoms with van der Waals surface area (Å²) in [6.07, 6.45) is 2.78. The van der Waals surface area contributed by atoms with Crippen molar-refractivity contribution in [3.8, 4) is 11.5 Å². The number of hydrogen-bond acceptors (Lipinski definition) is 5. The molecule has 0 spiro atoms. The average Bonchev–Trinajstić information content (AvgIpc) is 2.99. The maximum Gasteiger partial charge on any atom is 0.257 e. The lowest BCUT2D eigenvalue weighted by atomic mass is 10.00. The van der Waals surface area contributed by atoms with E-state index in [9.17, 15) is 0 Å². The highest BCUT2D eigenvalue weighted by molar-refractivity contribution is 5.54. The van der Waals surface area contributed by atoms with E-state index < -0.39 is 0 Å². The van der Waals surface area contributed by atoms with Crippen molar-refractivity contribution in [2.24, 2.45) is 5.73 Å². The van der Waals surface area contributed by atoms with Crippen molar-refractivity contribution in [2.75, 3.05) is 19.8 Å². The van der Waals surface area contributed by atoms with Gasteiger partial charge in [0.15, 0.2) is 5.82 Å². The van der Waals surface area contributed by atoms with Crippen LogP contribution in [0.5, 0.6) is 0 Å². The molecule has 2 aromatic rings. The van der Waals surface area contributed by atoms with E-state index >= 15 is 0 Å². The monoisotopic (exact) mass is 273 g/mol. The Kier molecular flexibility index (Phi) is 4.08. The fraction of sp³-hybridized carbons (Fsp3) is 0.467. The minimum Gasteiger partial charge on any atom is -0.381 e. The van der Waals surface area contributed by atoms with Crippen molar-refractivity contribution in [1.82, 2.24) is 10.1 Å². The molecule has 1 saturated heterocycles. The van der Waals surface area contributed by atoms with E-state index in [1.807, 2.05) is 12.1 Å². The summed E-state index contributed by atoms with van der Waals surface area (Å²) < 4.78 is 10.8. The molecule has 0 atom stereocenters. The molecule has 1 aromatic carbocycles. The van der Waals surface area contributed by atoms with Gasteiger partial charge in [0.05, 0.1) is 0 Å². The molecule has 106 valence electrons. The van der Waals surface area contributed by atoms with Gasteiger partial charge in [-0.05, 0) is 43.5 Å². The van der Waals surface area contributed by atoms with Gasteiger partial charge in [-0.25, -0.2) is 0 Å². The molecule has 2 heterocycles. The van der Waals surface area contributed by atoms with Gasteiger partial charge < -0.3 is 15.0 Å². The fourth-order valence-electron chi connectivity index (χ4n) is 2.50. The van der Waals surface area contributed by atoms with Crippen LogP contribution in [0.1, 0.15) is 30.1 Å². The molecule has 2 N–H and O–H groups in total. The smallest absolute Gasteiger partial charge is 0.257 e. The lowest BCUT2D eigenvalue weighted by molar-refractivity contribution is 0.0830. The second-order valence-corrected chi connectivity index (χ2v) is 5.08. The first-order valence-electron chi connectivity index (χ1n) is 7.07. The first kappa shape index (κ1) is 13.3. The molecule has 0 aliphatic carbocycles. The summed E-state index contributed by atoms with van der Waals surface area (Å²) in [5.74, 6) is 1.74. The van der Waals surface area contributed by atoms with Crippen LogP contribution in [0.15, 0.2) is 28.8 Å². The molecule has 0 saturated carbocycles. The second-order valence-electron chi connectivity index (χ2n) is 5.08. The molecule has 1 fully saturated rings. The molecular weight excluding hydrogens is 254 g/mol. The third kappa shape index (κ3) is 2.89. The Bertz CT molecular complexity index is 562. The first-order chi connectivity index (χ1) is 9.86. The molecule has 1 aromatic heterocycles. The van der Waals surface area contributed by atoms with E-state index in [0.717, 1.165) is 43.9 Å². The van der Waals surface area contributed by atoms with Crippen molar-refractivity contribution < 1.29 is 9.26 Å². The number of rotatable bonds is 4. The van der Waals surface area contributed by atoms with Crippen molar-refractivity contribution in [2.45, 2.75) is 25.2 Å². The Balaban J connectivity index is 1.80. The summed E-state index contributed by atoms with van der Waals surface area (Å²) in [5, 5.41) is 4.13. The van der Waals surface area contributed by atoms with Gasteiger partial charge in [-0.2, -0.15) is 4.98 Å². The van der Waals surface area contributed by atoms with Gasteiger partial charge in [-0.15, -0.1) is 0 Å². The molecule has 1 aliphatic rings. The van der Waals surface area contributed by atoms with Gasteiger partial charge >= 0.3 is 0 Å². The third-order valence-corrected chi connectivity index (χ3v) is 3.64. The quantitative estimate of drug-likeness (QED) is 0.923. The molecule has 0 unspecified atom stereocenters. The normalized spacial score (nSPS) is 16.4. The van der Waals surface area contributed by atoms with E-state index in [4.69, 9.17) is 15.0 Å². The average molecular weight is 273 g/mol. The Hall–Kier alpha value is -1.72. The Morgan fingerprint density at radius 3 is 2.90 bits per heavy atom. The lowest BCUT2D eigenvalue weighted by Gasteiger charge is -2.18. The first-order valence-corrected chi connectivity index (χ1v) is 7.07.